The molecule has 0 spiro atoms. The summed E-state index contributed by atoms with van der Waals surface area (Å²) in [4.78, 5) is 8.66. The number of aliphatic imine (C=N–C) groups is 1. The zero-order chi connectivity index (χ0) is 14.0. The van der Waals surface area contributed by atoms with Crippen LogP contribution in [-0.4, -0.2) is 18.3 Å². The molecule has 3 rings (SSSR count). The fourth-order valence-corrected chi connectivity index (χ4v) is 2.76. The van der Waals surface area contributed by atoms with Gasteiger partial charge in [0.25, 0.3) is 0 Å². The van der Waals surface area contributed by atoms with E-state index in [1.54, 1.807) is 25.7 Å². The fourth-order valence-electron chi connectivity index (χ4n) is 1.89. The molecule has 3 N–H and O–H groups in total. The molecule has 2 aromatic rings. The summed E-state index contributed by atoms with van der Waals surface area (Å²) in [7, 11) is 1.65. The van der Waals surface area contributed by atoms with E-state index < -0.39 is 5.66 Å². The molecule has 1 atom stereocenters. The molecule has 102 valence electrons. The molecular weight excluding hydrogens is 272 g/mol. The molecule has 0 fully saturated rings. The van der Waals surface area contributed by atoms with Crippen molar-refractivity contribution in [3.8, 4) is 17.0 Å². The van der Waals surface area contributed by atoms with E-state index in [0.29, 0.717) is 0 Å². The van der Waals surface area contributed by atoms with Crippen LogP contribution in [0.15, 0.2) is 47.0 Å². The normalized spacial score (nSPS) is 20.7. The van der Waals surface area contributed by atoms with Crippen LogP contribution in [-0.2, 0) is 5.66 Å². The van der Waals surface area contributed by atoms with Crippen LogP contribution in [0.5, 0.6) is 5.75 Å². The van der Waals surface area contributed by atoms with Gasteiger partial charge in [0.2, 0.25) is 0 Å². The fraction of sp³-hybridized carbons (Fsp3) is 0.143. The molecule has 0 saturated carbocycles. The van der Waals surface area contributed by atoms with E-state index in [4.69, 9.17) is 10.5 Å². The van der Waals surface area contributed by atoms with E-state index in [-0.39, 0.29) is 0 Å². The Morgan fingerprint density at radius 1 is 1.30 bits per heavy atom. The van der Waals surface area contributed by atoms with Gasteiger partial charge in [0, 0.05) is 23.3 Å². The first-order chi connectivity index (χ1) is 9.71. The largest absolute Gasteiger partial charge is 0.497 e. The van der Waals surface area contributed by atoms with E-state index in [1.165, 1.54) is 11.3 Å². The van der Waals surface area contributed by atoms with Crippen molar-refractivity contribution >= 4 is 17.6 Å². The zero-order valence-corrected chi connectivity index (χ0v) is 11.7. The third-order valence-electron chi connectivity index (χ3n) is 3.00. The molecule has 1 aromatic carbocycles. The first kappa shape index (κ1) is 12.8. The minimum absolute atomic E-state index is 0.774. The Labute approximate surface area is 120 Å². The highest BCUT2D eigenvalue weighted by Crippen LogP contribution is 2.27. The Balaban J connectivity index is 1.89. The summed E-state index contributed by atoms with van der Waals surface area (Å²) < 4.78 is 5.15. The summed E-state index contributed by atoms with van der Waals surface area (Å²) >= 11 is 1.50. The van der Waals surface area contributed by atoms with Gasteiger partial charge in [-0.25, -0.2) is 4.98 Å². The lowest BCUT2D eigenvalue weighted by atomic mass is 10.1. The number of nitrogens with zero attached hydrogens (tertiary/aromatic N) is 2. The smallest absolute Gasteiger partial charge is 0.176 e. The number of rotatable bonds is 3. The van der Waals surface area contributed by atoms with Crippen molar-refractivity contribution in [2.24, 2.45) is 10.7 Å². The van der Waals surface area contributed by atoms with Crippen LogP contribution in [0.3, 0.4) is 0 Å². The van der Waals surface area contributed by atoms with E-state index in [0.717, 1.165) is 22.0 Å². The number of nitrogens with two attached hydrogens (primary N) is 1. The van der Waals surface area contributed by atoms with Gasteiger partial charge in [0.15, 0.2) is 5.66 Å². The van der Waals surface area contributed by atoms with E-state index in [9.17, 15) is 0 Å². The molecule has 0 saturated heterocycles. The van der Waals surface area contributed by atoms with Gasteiger partial charge in [0.1, 0.15) is 10.8 Å². The van der Waals surface area contributed by atoms with Crippen molar-refractivity contribution in [1.29, 1.82) is 0 Å². The van der Waals surface area contributed by atoms with Crippen LogP contribution in [0.25, 0.3) is 11.3 Å². The number of hydrogen-bond acceptors (Lipinski definition) is 6. The quantitative estimate of drug-likeness (QED) is 0.906. The third kappa shape index (κ3) is 2.31. The van der Waals surface area contributed by atoms with Crippen LogP contribution in [0.1, 0.15) is 5.01 Å². The van der Waals surface area contributed by atoms with Gasteiger partial charge in [-0.3, -0.25) is 10.7 Å². The summed E-state index contributed by atoms with van der Waals surface area (Å²) in [6, 6.07) is 7.78. The molecule has 0 amide bonds. The Morgan fingerprint density at radius 2 is 2.10 bits per heavy atom. The molecule has 1 aliphatic rings. The van der Waals surface area contributed by atoms with Crippen LogP contribution >= 0.6 is 11.3 Å². The van der Waals surface area contributed by atoms with Gasteiger partial charge in [-0.1, -0.05) is 0 Å². The highest BCUT2D eigenvalue weighted by Gasteiger charge is 2.28. The number of thiazole rings is 1. The number of nitrogens with one attached hydrogen (secondary N) is 1. The maximum atomic E-state index is 6.23. The predicted molar refractivity (Wildman–Crippen MR) is 80.7 cm³/mol. The van der Waals surface area contributed by atoms with Gasteiger partial charge in [-0.15, -0.1) is 11.3 Å². The third-order valence-corrected chi connectivity index (χ3v) is 4.00. The Bertz CT molecular complexity index is 662. The van der Waals surface area contributed by atoms with Crippen molar-refractivity contribution in [2.75, 3.05) is 7.11 Å². The van der Waals surface area contributed by atoms with Crippen molar-refractivity contribution in [2.45, 2.75) is 5.66 Å². The molecule has 5 nitrogen and oxygen atoms in total. The summed E-state index contributed by atoms with van der Waals surface area (Å²) in [5.41, 5.74) is 7.32. The SMILES string of the molecule is COc1ccc(-c2csc(C3(N)C=NC=CN3)n2)cc1. The number of aromatic nitrogens is 1. The van der Waals surface area contributed by atoms with Crippen LogP contribution in [0.2, 0.25) is 0 Å². The van der Waals surface area contributed by atoms with Gasteiger partial charge in [0.05, 0.1) is 19.0 Å². The molecule has 1 aromatic heterocycles. The highest BCUT2D eigenvalue weighted by molar-refractivity contribution is 7.10. The maximum absolute atomic E-state index is 6.23. The molecule has 2 heterocycles. The average molecular weight is 286 g/mol. The second-order valence-corrected chi connectivity index (χ2v) is 5.23. The topological polar surface area (TPSA) is 72.5 Å². The van der Waals surface area contributed by atoms with Crippen LogP contribution in [0, 0.1) is 0 Å². The molecule has 0 bridgehead atoms. The summed E-state index contributed by atoms with van der Waals surface area (Å²) in [6.45, 7) is 0. The lowest BCUT2D eigenvalue weighted by molar-refractivity contribution is 0.415. The minimum atomic E-state index is -0.829. The molecule has 0 radical (unpaired) electrons. The Kier molecular flexibility index (Phi) is 3.25. The standard InChI is InChI=1S/C14H14N4OS/c1-19-11-4-2-10(3-5-11)12-8-20-13(18-12)14(15)9-16-6-7-17-14/h2-9,17H,15H2,1H3. The monoisotopic (exact) mass is 286 g/mol. The first-order valence-electron chi connectivity index (χ1n) is 6.08. The molecule has 1 aliphatic heterocycles. The van der Waals surface area contributed by atoms with Gasteiger partial charge in [-0.05, 0) is 24.3 Å². The molecular formula is C14H14N4OS. The lowest BCUT2D eigenvalue weighted by Gasteiger charge is -2.24. The minimum Gasteiger partial charge on any atom is -0.497 e. The molecule has 1 unspecified atom stereocenters. The number of methoxy groups -OCH3 is 1. The first-order valence-corrected chi connectivity index (χ1v) is 6.95. The zero-order valence-electron chi connectivity index (χ0n) is 10.9. The summed E-state index contributed by atoms with van der Waals surface area (Å²) in [5, 5.41) is 5.83. The van der Waals surface area contributed by atoms with E-state index in [1.807, 2.05) is 29.6 Å². The van der Waals surface area contributed by atoms with Crippen LogP contribution in [0.4, 0.5) is 0 Å². The predicted octanol–water partition coefficient (Wildman–Crippen LogP) is 2.08. The molecule has 6 heteroatoms. The molecule has 0 aliphatic carbocycles. The number of hydrogen-bond donors (Lipinski definition) is 2. The van der Waals surface area contributed by atoms with Crippen molar-refractivity contribution in [1.82, 2.24) is 10.3 Å². The van der Waals surface area contributed by atoms with Crippen molar-refractivity contribution in [3.05, 3.63) is 47.1 Å². The number of benzene rings is 1. The van der Waals surface area contributed by atoms with E-state index >= 15 is 0 Å². The summed E-state index contributed by atoms with van der Waals surface area (Å²) in [6.07, 6.45) is 5.03. The Hall–Kier alpha value is -2.18. The van der Waals surface area contributed by atoms with Gasteiger partial charge < -0.3 is 10.1 Å². The van der Waals surface area contributed by atoms with Crippen LogP contribution < -0.4 is 15.8 Å². The number of ether oxygens (including phenoxy) is 1. The average Bonchev–Trinajstić information content (AvgIpc) is 2.99. The maximum Gasteiger partial charge on any atom is 0.176 e. The second kappa shape index (κ2) is 5.07. The summed E-state index contributed by atoms with van der Waals surface area (Å²) in [5.74, 6) is 0.825. The lowest BCUT2D eigenvalue weighted by Crippen LogP contribution is -2.50. The second-order valence-electron chi connectivity index (χ2n) is 4.37. The van der Waals surface area contributed by atoms with Gasteiger partial charge >= 0.3 is 0 Å². The van der Waals surface area contributed by atoms with Crippen molar-refractivity contribution < 1.29 is 4.74 Å². The highest BCUT2D eigenvalue weighted by atomic mass is 32.1. The van der Waals surface area contributed by atoms with Gasteiger partial charge in [-0.2, -0.15) is 0 Å². The molecule has 20 heavy (non-hydrogen) atoms. The van der Waals surface area contributed by atoms with Crippen molar-refractivity contribution in [3.63, 3.8) is 0 Å². The Morgan fingerprint density at radius 3 is 2.75 bits per heavy atom. The van der Waals surface area contributed by atoms with E-state index in [2.05, 4.69) is 15.3 Å².